The molecular formula is C10H14FN3. The van der Waals surface area contributed by atoms with Gasteiger partial charge in [0.15, 0.2) is 0 Å². The van der Waals surface area contributed by atoms with Crippen LogP contribution in [0.1, 0.15) is 18.7 Å². The zero-order chi connectivity index (χ0) is 9.97. The summed E-state index contributed by atoms with van der Waals surface area (Å²) in [5.74, 6) is 1.60. The first kappa shape index (κ1) is 9.37. The van der Waals surface area contributed by atoms with Crippen LogP contribution in [0.15, 0.2) is 12.3 Å². The molecule has 0 spiro atoms. The van der Waals surface area contributed by atoms with Crippen molar-refractivity contribution in [2.75, 3.05) is 18.1 Å². The number of anilines is 1. The van der Waals surface area contributed by atoms with E-state index < -0.39 is 0 Å². The van der Waals surface area contributed by atoms with E-state index in [1.165, 1.54) is 0 Å². The average Bonchev–Trinajstić information content (AvgIpc) is 2.65. The fourth-order valence-electron chi connectivity index (χ4n) is 1.90. The van der Waals surface area contributed by atoms with Gasteiger partial charge in [-0.2, -0.15) is 0 Å². The van der Waals surface area contributed by atoms with E-state index in [1.54, 1.807) is 6.20 Å². The third-order valence-corrected chi connectivity index (χ3v) is 2.61. The van der Waals surface area contributed by atoms with Crippen LogP contribution in [0.3, 0.4) is 0 Å². The molecule has 1 aromatic heterocycles. The van der Waals surface area contributed by atoms with Crippen molar-refractivity contribution in [3.63, 3.8) is 0 Å². The van der Waals surface area contributed by atoms with Crippen molar-refractivity contribution in [3.8, 4) is 0 Å². The van der Waals surface area contributed by atoms with Crippen LogP contribution in [0.2, 0.25) is 0 Å². The molecule has 0 aromatic carbocycles. The molecule has 1 saturated heterocycles. The smallest absolute Gasteiger partial charge is 0.132 e. The van der Waals surface area contributed by atoms with Gasteiger partial charge in [-0.05, 0) is 25.8 Å². The number of nitrogens with zero attached hydrogens (tertiary/aromatic N) is 3. The second-order valence-electron chi connectivity index (χ2n) is 3.61. The van der Waals surface area contributed by atoms with Gasteiger partial charge in [0.1, 0.15) is 18.3 Å². The SMILES string of the molecule is Cc1nccc(N2CCC[C@@H]2CF)n1. The molecule has 1 fully saturated rings. The molecule has 0 radical (unpaired) electrons. The zero-order valence-corrected chi connectivity index (χ0v) is 8.28. The Bertz CT molecular complexity index is 316. The maximum Gasteiger partial charge on any atom is 0.132 e. The first-order valence-corrected chi connectivity index (χ1v) is 4.93. The summed E-state index contributed by atoms with van der Waals surface area (Å²) in [5.41, 5.74) is 0. The molecule has 2 heterocycles. The van der Waals surface area contributed by atoms with E-state index in [9.17, 15) is 4.39 Å². The predicted molar refractivity (Wildman–Crippen MR) is 53.1 cm³/mol. The van der Waals surface area contributed by atoms with E-state index in [2.05, 4.69) is 9.97 Å². The van der Waals surface area contributed by atoms with Gasteiger partial charge in [-0.25, -0.2) is 14.4 Å². The van der Waals surface area contributed by atoms with Gasteiger partial charge in [-0.1, -0.05) is 0 Å². The molecule has 0 amide bonds. The lowest BCUT2D eigenvalue weighted by Gasteiger charge is -2.23. The van der Waals surface area contributed by atoms with Crippen LogP contribution in [-0.2, 0) is 0 Å². The summed E-state index contributed by atoms with van der Waals surface area (Å²) in [4.78, 5) is 10.4. The number of hydrogen-bond acceptors (Lipinski definition) is 3. The Morgan fingerprint density at radius 3 is 3.21 bits per heavy atom. The third kappa shape index (κ3) is 1.69. The standard InChI is InChI=1S/C10H14FN3/c1-8-12-5-4-10(13-8)14-6-2-3-9(14)7-11/h4-5,9H,2-3,6-7H2,1H3/t9-/m1/s1. The molecule has 3 nitrogen and oxygen atoms in total. The number of halogens is 1. The van der Waals surface area contributed by atoms with Gasteiger partial charge in [0.2, 0.25) is 0 Å². The second kappa shape index (κ2) is 3.90. The zero-order valence-electron chi connectivity index (χ0n) is 8.28. The predicted octanol–water partition coefficient (Wildman–Crippen LogP) is 1.72. The van der Waals surface area contributed by atoms with Gasteiger partial charge < -0.3 is 4.90 Å². The lowest BCUT2D eigenvalue weighted by atomic mass is 10.2. The molecule has 0 aliphatic carbocycles. The number of aromatic nitrogens is 2. The fourth-order valence-corrected chi connectivity index (χ4v) is 1.90. The highest BCUT2D eigenvalue weighted by Gasteiger charge is 2.25. The Labute approximate surface area is 83.0 Å². The third-order valence-electron chi connectivity index (χ3n) is 2.61. The highest BCUT2D eigenvalue weighted by Crippen LogP contribution is 2.23. The van der Waals surface area contributed by atoms with Gasteiger partial charge in [0.25, 0.3) is 0 Å². The molecule has 0 saturated carbocycles. The first-order valence-electron chi connectivity index (χ1n) is 4.93. The molecule has 1 aliphatic rings. The lowest BCUT2D eigenvalue weighted by Crippen LogP contribution is -2.31. The summed E-state index contributed by atoms with van der Waals surface area (Å²) in [6, 6.07) is 1.87. The van der Waals surface area contributed by atoms with E-state index in [0.29, 0.717) is 0 Å². The fraction of sp³-hybridized carbons (Fsp3) is 0.600. The van der Waals surface area contributed by atoms with Gasteiger partial charge in [-0.3, -0.25) is 0 Å². The highest BCUT2D eigenvalue weighted by molar-refractivity contribution is 5.40. The van der Waals surface area contributed by atoms with Crippen molar-refractivity contribution in [2.45, 2.75) is 25.8 Å². The summed E-state index contributed by atoms with van der Waals surface area (Å²) >= 11 is 0. The Balaban J connectivity index is 2.21. The van der Waals surface area contributed by atoms with Crippen molar-refractivity contribution in [3.05, 3.63) is 18.1 Å². The van der Waals surface area contributed by atoms with E-state index >= 15 is 0 Å². The second-order valence-corrected chi connectivity index (χ2v) is 3.61. The Kier molecular flexibility index (Phi) is 2.61. The Hall–Kier alpha value is -1.19. The number of alkyl halides is 1. The summed E-state index contributed by atoms with van der Waals surface area (Å²) in [6.45, 7) is 2.47. The summed E-state index contributed by atoms with van der Waals surface area (Å²) in [7, 11) is 0. The van der Waals surface area contributed by atoms with E-state index in [0.717, 1.165) is 31.0 Å². The Morgan fingerprint density at radius 2 is 2.50 bits per heavy atom. The van der Waals surface area contributed by atoms with Crippen molar-refractivity contribution < 1.29 is 4.39 Å². The molecule has 1 aromatic rings. The molecule has 1 aliphatic heterocycles. The molecular weight excluding hydrogens is 181 g/mol. The van der Waals surface area contributed by atoms with Crippen LogP contribution in [-0.4, -0.2) is 29.2 Å². The van der Waals surface area contributed by atoms with Gasteiger partial charge in [0, 0.05) is 12.7 Å². The van der Waals surface area contributed by atoms with Gasteiger partial charge in [0.05, 0.1) is 6.04 Å². The van der Waals surface area contributed by atoms with Crippen LogP contribution < -0.4 is 4.90 Å². The molecule has 0 unspecified atom stereocenters. The van der Waals surface area contributed by atoms with Crippen molar-refractivity contribution >= 4 is 5.82 Å². The number of hydrogen-bond donors (Lipinski definition) is 0. The quantitative estimate of drug-likeness (QED) is 0.719. The van der Waals surface area contributed by atoms with E-state index in [-0.39, 0.29) is 12.7 Å². The largest absolute Gasteiger partial charge is 0.351 e. The highest BCUT2D eigenvalue weighted by atomic mass is 19.1. The van der Waals surface area contributed by atoms with Crippen LogP contribution in [0.5, 0.6) is 0 Å². The van der Waals surface area contributed by atoms with Crippen molar-refractivity contribution in [1.82, 2.24) is 9.97 Å². The maximum atomic E-state index is 12.6. The van der Waals surface area contributed by atoms with Crippen LogP contribution in [0, 0.1) is 6.92 Å². The van der Waals surface area contributed by atoms with Gasteiger partial charge >= 0.3 is 0 Å². The van der Waals surface area contributed by atoms with Crippen LogP contribution >= 0.6 is 0 Å². The molecule has 0 bridgehead atoms. The average molecular weight is 195 g/mol. The van der Waals surface area contributed by atoms with Crippen molar-refractivity contribution in [2.24, 2.45) is 0 Å². The van der Waals surface area contributed by atoms with Crippen molar-refractivity contribution in [1.29, 1.82) is 0 Å². The van der Waals surface area contributed by atoms with Crippen LogP contribution in [0.25, 0.3) is 0 Å². The molecule has 76 valence electrons. The summed E-state index contributed by atoms with van der Waals surface area (Å²) in [6.07, 6.45) is 3.71. The van der Waals surface area contributed by atoms with Crippen LogP contribution in [0.4, 0.5) is 10.2 Å². The number of aryl methyl sites for hydroxylation is 1. The van der Waals surface area contributed by atoms with E-state index in [1.807, 2.05) is 17.9 Å². The maximum absolute atomic E-state index is 12.6. The monoisotopic (exact) mass is 195 g/mol. The molecule has 1 atom stereocenters. The topological polar surface area (TPSA) is 29.0 Å². The Morgan fingerprint density at radius 1 is 1.64 bits per heavy atom. The first-order chi connectivity index (χ1) is 6.81. The minimum Gasteiger partial charge on any atom is -0.351 e. The van der Waals surface area contributed by atoms with E-state index in [4.69, 9.17) is 0 Å². The lowest BCUT2D eigenvalue weighted by molar-refractivity contribution is 0.427. The molecule has 0 N–H and O–H groups in total. The van der Waals surface area contributed by atoms with Gasteiger partial charge in [-0.15, -0.1) is 0 Å². The molecule has 2 rings (SSSR count). The number of rotatable bonds is 2. The summed E-state index contributed by atoms with van der Waals surface area (Å²) < 4.78 is 12.6. The minimum atomic E-state index is -0.289. The molecule has 4 heteroatoms. The normalized spacial score (nSPS) is 21.6. The summed E-state index contributed by atoms with van der Waals surface area (Å²) in [5, 5.41) is 0. The minimum absolute atomic E-state index is 0.0179. The molecule has 14 heavy (non-hydrogen) atoms.